The summed E-state index contributed by atoms with van der Waals surface area (Å²) in [7, 11) is 0. The van der Waals surface area contributed by atoms with Crippen molar-refractivity contribution in [1.82, 2.24) is 15.3 Å². The number of nitrogens with one attached hydrogen (secondary N) is 2. The normalized spacial score (nSPS) is 12.4. The van der Waals surface area contributed by atoms with Gasteiger partial charge in [0.25, 0.3) is 11.5 Å². The number of amides is 1. The minimum atomic E-state index is -4.61. The zero-order valence-electron chi connectivity index (χ0n) is 16.2. The van der Waals surface area contributed by atoms with Crippen LogP contribution in [-0.4, -0.2) is 21.4 Å². The molecule has 0 bridgehead atoms. The summed E-state index contributed by atoms with van der Waals surface area (Å²) in [5, 5.41) is 2.65. The standard InChI is InChI=1S/C21H17F4N3O2S/c1-2-15(13-8-9-17(14(22)10-13)31-21(23,24)25)27-20(30)16-11-18(29)28-19(26-16)12-6-4-3-5-7-12/h3-11,15H,2H2,1H3,(H,27,30)(H,26,28,29)/t15-/m1/s1. The summed E-state index contributed by atoms with van der Waals surface area (Å²) in [5.41, 5.74) is -4.35. The van der Waals surface area contributed by atoms with Crippen molar-refractivity contribution in [3.8, 4) is 11.4 Å². The molecule has 1 amide bonds. The van der Waals surface area contributed by atoms with Gasteiger partial charge in [0.05, 0.1) is 10.9 Å². The Bertz CT molecular complexity index is 1130. The van der Waals surface area contributed by atoms with E-state index in [1.54, 1.807) is 37.3 Å². The molecule has 5 nitrogen and oxygen atoms in total. The minimum absolute atomic E-state index is 0.134. The van der Waals surface area contributed by atoms with Gasteiger partial charge in [-0.25, -0.2) is 9.37 Å². The van der Waals surface area contributed by atoms with Crippen molar-refractivity contribution in [2.45, 2.75) is 29.8 Å². The maximum atomic E-state index is 14.1. The van der Waals surface area contributed by atoms with Gasteiger partial charge in [0.1, 0.15) is 17.3 Å². The van der Waals surface area contributed by atoms with E-state index in [1.165, 1.54) is 6.07 Å². The smallest absolute Gasteiger partial charge is 0.344 e. The van der Waals surface area contributed by atoms with E-state index in [-0.39, 0.29) is 11.5 Å². The van der Waals surface area contributed by atoms with Gasteiger partial charge in [0.2, 0.25) is 0 Å². The van der Waals surface area contributed by atoms with Crippen molar-refractivity contribution >= 4 is 17.7 Å². The molecule has 0 unspecified atom stereocenters. The summed E-state index contributed by atoms with van der Waals surface area (Å²) in [6.45, 7) is 1.72. The first-order valence-electron chi connectivity index (χ1n) is 9.19. The third-order valence-electron chi connectivity index (χ3n) is 4.32. The van der Waals surface area contributed by atoms with Gasteiger partial charge in [-0.1, -0.05) is 43.3 Å². The maximum Gasteiger partial charge on any atom is 0.446 e. The van der Waals surface area contributed by atoms with Gasteiger partial charge in [0, 0.05) is 11.6 Å². The Balaban J connectivity index is 1.83. The molecule has 31 heavy (non-hydrogen) atoms. The quantitative estimate of drug-likeness (QED) is 0.405. The number of thioether (sulfide) groups is 1. The molecule has 2 N–H and O–H groups in total. The topological polar surface area (TPSA) is 74.8 Å². The Kier molecular flexibility index (Phi) is 6.79. The number of hydrogen-bond acceptors (Lipinski definition) is 4. The third kappa shape index (κ3) is 5.94. The molecule has 3 rings (SSSR count). The summed E-state index contributed by atoms with van der Waals surface area (Å²) in [6.07, 6.45) is 0.339. The van der Waals surface area contributed by atoms with Crippen LogP contribution >= 0.6 is 11.8 Å². The minimum Gasteiger partial charge on any atom is -0.344 e. The molecule has 0 saturated carbocycles. The van der Waals surface area contributed by atoms with Gasteiger partial charge >= 0.3 is 5.51 Å². The highest BCUT2D eigenvalue weighted by molar-refractivity contribution is 8.00. The molecule has 3 aromatic rings. The number of hydrogen-bond donors (Lipinski definition) is 2. The lowest BCUT2D eigenvalue weighted by Crippen LogP contribution is -2.30. The van der Waals surface area contributed by atoms with E-state index in [4.69, 9.17) is 0 Å². The predicted molar refractivity (Wildman–Crippen MR) is 109 cm³/mol. The van der Waals surface area contributed by atoms with Gasteiger partial charge in [-0.05, 0) is 35.9 Å². The van der Waals surface area contributed by atoms with Crippen molar-refractivity contribution in [3.63, 3.8) is 0 Å². The second-order valence-electron chi connectivity index (χ2n) is 6.52. The van der Waals surface area contributed by atoms with Crippen LogP contribution < -0.4 is 10.9 Å². The third-order valence-corrected chi connectivity index (χ3v) is 5.10. The van der Waals surface area contributed by atoms with Crippen LogP contribution in [0.25, 0.3) is 11.4 Å². The first-order valence-corrected chi connectivity index (χ1v) is 10.0. The van der Waals surface area contributed by atoms with E-state index >= 15 is 0 Å². The van der Waals surface area contributed by atoms with Crippen molar-refractivity contribution < 1.29 is 22.4 Å². The largest absolute Gasteiger partial charge is 0.446 e. The molecule has 0 aliphatic carbocycles. The fraction of sp³-hybridized carbons (Fsp3) is 0.190. The number of H-pyrrole nitrogens is 1. The Hall–Kier alpha value is -3.14. The molecule has 1 heterocycles. The van der Waals surface area contributed by atoms with Crippen molar-refractivity contribution in [2.75, 3.05) is 0 Å². The van der Waals surface area contributed by atoms with Gasteiger partial charge in [-0.15, -0.1) is 0 Å². The van der Waals surface area contributed by atoms with Crippen LogP contribution in [0.1, 0.15) is 35.4 Å². The first kappa shape index (κ1) is 22.5. The Labute approximate surface area is 178 Å². The highest BCUT2D eigenvalue weighted by atomic mass is 32.2. The number of aromatic amines is 1. The van der Waals surface area contributed by atoms with Crippen molar-refractivity contribution in [3.05, 3.63) is 82.0 Å². The molecule has 0 radical (unpaired) electrons. The van der Waals surface area contributed by atoms with E-state index < -0.39 is 45.5 Å². The number of carbonyl (C=O) groups excluding carboxylic acids is 1. The van der Waals surface area contributed by atoms with E-state index in [2.05, 4.69) is 15.3 Å². The lowest BCUT2D eigenvalue weighted by atomic mass is 10.0. The van der Waals surface area contributed by atoms with Crippen molar-refractivity contribution in [1.29, 1.82) is 0 Å². The second kappa shape index (κ2) is 9.34. The predicted octanol–water partition coefficient (Wildman–Crippen LogP) is 5.07. The first-order chi connectivity index (χ1) is 14.7. The summed E-state index contributed by atoms with van der Waals surface area (Å²) >= 11 is -0.543. The number of nitrogens with zero attached hydrogens (tertiary/aromatic N) is 1. The zero-order chi connectivity index (χ0) is 22.6. The van der Waals surface area contributed by atoms with E-state index in [0.29, 0.717) is 17.5 Å². The van der Waals surface area contributed by atoms with E-state index in [1.807, 2.05) is 0 Å². The number of carbonyl (C=O) groups is 1. The van der Waals surface area contributed by atoms with E-state index in [9.17, 15) is 27.2 Å². The van der Waals surface area contributed by atoms with Crippen LogP contribution in [0.3, 0.4) is 0 Å². The molecule has 0 aliphatic heterocycles. The summed E-state index contributed by atoms with van der Waals surface area (Å²) < 4.78 is 51.6. The maximum absolute atomic E-state index is 14.1. The summed E-state index contributed by atoms with van der Waals surface area (Å²) in [5.74, 6) is -1.48. The summed E-state index contributed by atoms with van der Waals surface area (Å²) in [4.78, 5) is 30.9. The monoisotopic (exact) mass is 451 g/mol. The molecule has 162 valence electrons. The molecular formula is C21H17F4N3O2S. The fourth-order valence-corrected chi connectivity index (χ4v) is 3.44. The summed E-state index contributed by atoms with van der Waals surface area (Å²) in [6, 6.07) is 12.4. The van der Waals surface area contributed by atoms with Gasteiger partial charge < -0.3 is 10.3 Å². The molecule has 2 aromatic carbocycles. The fourth-order valence-electron chi connectivity index (χ4n) is 2.90. The second-order valence-corrected chi connectivity index (χ2v) is 7.62. The average molecular weight is 451 g/mol. The average Bonchev–Trinajstić information content (AvgIpc) is 2.72. The van der Waals surface area contributed by atoms with Crippen molar-refractivity contribution in [2.24, 2.45) is 0 Å². The molecule has 1 atom stereocenters. The zero-order valence-corrected chi connectivity index (χ0v) is 17.0. The van der Waals surface area contributed by atoms with Crippen LogP contribution in [-0.2, 0) is 0 Å². The molecule has 0 saturated heterocycles. The number of rotatable bonds is 6. The van der Waals surface area contributed by atoms with Crippen LogP contribution in [0.2, 0.25) is 0 Å². The number of alkyl halides is 3. The molecule has 0 aliphatic rings. The lowest BCUT2D eigenvalue weighted by molar-refractivity contribution is -0.0329. The molecule has 1 aromatic heterocycles. The Morgan fingerprint density at radius 1 is 1.16 bits per heavy atom. The SMILES string of the molecule is CC[C@@H](NC(=O)c1cc(=O)[nH]c(-c2ccccc2)n1)c1ccc(SC(F)(F)F)c(F)c1. The van der Waals surface area contributed by atoms with Gasteiger partial charge in [0.15, 0.2) is 0 Å². The number of aromatic nitrogens is 2. The molecule has 10 heteroatoms. The Morgan fingerprint density at radius 2 is 1.87 bits per heavy atom. The highest BCUT2D eigenvalue weighted by Crippen LogP contribution is 2.38. The lowest BCUT2D eigenvalue weighted by Gasteiger charge is -2.18. The number of benzene rings is 2. The van der Waals surface area contributed by atoms with Gasteiger partial charge in [-0.2, -0.15) is 13.2 Å². The van der Waals surface area contributed by atoms with Gasteiger partial charge in [-0.3, -0.25) is 9.59 Å². The van der Waals surface area contributed by atoms with E-state index in [0.717, 1.165) is 18.2 Å². The number of halogens is 4. The van der Waals surface area contributed by atoms with Crippen LogP contribution in [0, 0.1) is 5.82 Å². The van der Waals surface area contributed by atoms with Crippen LogP contribution in [0.5, 0.6) is 0 Å². The highest BCUT2D eigenvalue weighted by Gasteiger charge is 2.31. The molecule has 0 fully saturated rings. The molecule has 0 spiro atoms. The molecular weight excluding hydrogens is 434 g/mol. The van der Waals surface area contributed by atoms with Crippen LogP contribution in [0.15, 0.2) is 64.3 Å². The Morgan fingerprint density at radius 3 is 2.48 bits per heavy atom. The van der Waals surface area contributed by atoms with Crippen LogP contribution in [0.4, 0.5) is 17.6 Å².